The van der Waals surface area contributed by atoms with E-state index in [0.29, 0.717) is 11.6 Å². The summed E-state index contributed by atoms with van der Waals surface area (Å²) in [5, 5.41) is 8.83. The quantitative estimate of drug-likeness (QED) is 0.832. The number of aryl methyl sites for hydroxylation is 6. The van der Waals surface area contributed by atoms with E-state index >= 15 is 0 Å². The van der Waals surface area contributed by atoms with Crippen molar-refractivity contribution in [3.63, 3.8) is 0 Å². The third-order valence-electron chi connectivity index (χ3n) is 3.43. The van der Waals surface area contributed by atoms with E-state index in [1.54, 1.807) is 0 Å². The normalized spacial score (nSPS) is 9.74. The molecule has 5 nitrogen and oxygen atoms in total. The monoisotopic (exact) mass is 358 g/mol. The summed E-state index contributed by atoms with van der Waals surface area (Å²) in [5.41, 5.74) is 7.07. The molecular weight excluding hydrogens is 335 g/mol. The van der Waals surface area contributed by atoms with Gasteiger partial charge in [-0.25, -0.2) is 0 Å². The van der Waals surface area contributed by atoms with Gasteiger partial charge in [-0.3, -0.25) is 19.9 Å². The van der Waals surface area contributed by atoms with E-state index < -0.39 is 0 Å². The van der Waals surface area contributed by atoms with Gasteiger partial charge < -0.3 is 5.11 Å². The molecule has 0 aliphatic rings. The average Bonchev–Trinajstić information content (AvgIpc) is 2.47. The first-order valence-corrected chi connectivity index (χ1v) is 7.61. The van der Waals surface area contributed by atoms with Crippen LogP contribution >= 0.6 is 24.0 Å². The van der Waals surface area contributed by atoms with Crippen molar-refractivity contribution >= 4 is 24.0 Å². The van der Waals surface area contributed by atoms with Gasteiger partial charge in [0.2, 0.25) is 0 Å². The Morgan fingerprint density at radius 2 is 1.00 bits per heavy atom. The molecule has 0 saturated heterocycles. The lowest BCUT2D eigenvalue weighted by Crippen LogP contribution is -2.01. The summed E-state index contributed by atoms with van der Waals surface area (Å²) in [6.07, 6.45) is 0. The summed E-state index contributed by atoms with van der Waals surface area (Å²) >= 11 is 5.65. The molecule has 0 aliphatic carbocycles. The third-order valence-corrected chi connectivity index (χ3v) is 3.69. The molecule has 1 N–H and O–H groups in total. The number of hydrogen-bond donors (Lipinski definition) is 1. The predicted molar refractivity (Wildman–Crippen MR) is 95.2 cm³/mol. The van der Waals surface area contributed by atoms with Crippen LogP contribution in [0, 0.1) is 41.5 Å². The van der Waals surface area contributed by atoms with Crippen molar-refractivity contribution in [2.45, 2.75) is 54.0 Å². The number of aromatic nitrogens is 4. The summed E-state index contributed by atoms with van der Waals surface area (Å²) in [4.78, 5) is 17.0. The second-order valence-electron chi connectivity index (χ2n) is 5.14. The zero-order valence-corrected chi connectivity index (χ0v) is 16.0. The van der Waals surface area contributed by atoms with Gasteiger partial charge in [-0.05, 0) is 41.5 Å². The number of halogens is 2. The minimum Gasteiger partial charge on any atom is -0.390 e. The van der Waals surface area contributed by atoms with Crippen LogP contribution in [0.3, 0.4) is 0 Å². The lowest BCUT2D eigenvalue weighted by molar-refractivity contribution is 0.275. The van der Waals surface area contributed by atoms with Gasteiger partial charge in [0.1, 0.15) is 0 Å². The SMILES string of the molecule is Cc1nc(C)c(CCl)nc1C.Cc1nc(C)c(CO)nc1C.Cl. The van der Waals surface area contributed by atoms with Crippen molar-refractivity contribution in [1.82, 2.24) is 19.9 Å². The molecule has 0 fully saturated rings. The van der Waals surface area contributed by atoms with E-state index in [1.807, 2.05) is 41.5 Å². The Morgan fingerprint density at radius 1 is 0.652 bits per heavy atom. The number of alkyl halides is 1. The standard InChI is InChI=1S/C8H11ClN2.C8H12N2O.ClH/c1-5-6(2)11-8(4-9)7(3)10-5;1-5-6(2)10-8(4-11)7(3)9-5;/h4H2,1-3H3;11H,4H2,1-3H3;1H. The van der Waals surface area contributed by atoms with Gasteiger partial charge in [0.15, 0.2) is 0 Å². The van der Waals surface area contributed by atoms with Crippen LogP contribution in [0.15, 0.2) is 0 Å². The molecule has 0 unspecified atom stereocenters. The van der Waals surface area contributed by atoms with Crippen LogP contribution in [0.2, 0.25) is 0 Å². The zero-order chi connectivity index (χ0) is 16.9. The Balaban J connectivity index is 0.000000403. The molecule has 2 rings (SSSR count). The second kappa shape index (κ2) is 9.75. The van der Waals surface area contributed by atoms with Gasteiger partial charge in [0.25, 0.3) is 0 Å². The Hall–Kier alpha value is -1.30. The highest BCUT2D eigenvalue weighted by molar-refractivity contribution is 6.16. The summed E-state index contributed by atoms with van der Waals surface area (Å²) in [6.45, 7) is 11.4. The fraction of sp³-hybridized carbons (Fsp3) is 0.500. The van der Waals surface area contributed by atoms with Crippen molar-refractivity contribution in [1.29, 1.82) is 0 Å². The molecule has 0 aliphatic heterocycles. The van der Waals surface area contributed by atoms with Crippen molar-refractivity contribution in [3.8, 4) is 0 Å². The summed E-state index contributed by atoms with van der Waals surface area (Å²) in [5.74, 6) is 0.444. The largest absolute Gasteiger partial charge is 0.390 e. The Kier molecular flexibility index (Phi) is 9.20. The molecule has 0 bridgehead atoms. The van der Waals surface area contributed by atoms with Gasteiger partial charge in [-0.2, -0.15) is 0 Å². The van der Waals surface area contributed by atoms with E-state index in [0.717, 1.165) is 39.9 Å². The lowest BCUT2D eigenvalue weighted by atomic mass is 10.3. The Bertz CT molecular complexity index is 606. The van der Waals surface area contributed by atoms with Crippen molar-refractivity contribution in [2.75, 3.05) is 0 Å². The van der Waals surface area contributed by atoms with Gasteiger partial charge in [0, 0.05) is 0 Å². The summed E-state index contributed by atoms with van der Waals surface area (Å²) < 4.78 is 0. The van der Waals surface area contributed by atoms with Crippen molar-refractivity contribution in [2.24, 2.45) is 0 Å². The van der Waals surface area contributed by atoms with Gasteiger partial charge in [0.05, 0.1) is 58.0 Å². The van der Waals surface area contributed by atoms with Crippen LogP contribution in [0.4, 0.5) is 0 Å². The molecular formula is C16H24Cl2N4O. The van der Waals surface area contributed by atoms with Crippen LogP contribution in [-0.2, 0) is 12.5 Å². The first-order chi connectivity index (χ1) is 10.3. The molecule has 0 radical (unpaired) electrons. The average molecular weight is 359 g/mol. The minimum absolute atomic E-state index is 0. The first kappa shape index (κ1) is 21.7. The van der Waals surface area contributed by atoms with Crippen LogP contribution in [0.1, 0.15) is 45.6 Å². The van der Waals surface area contributed by atoms with Crippen LogP contribution in [-0.4, -0.2) is 25.0 Å². The zero-order valence-electron chi connectivity index (χ0n) is 14.4. The van der Waals surface area contributed by atoms with E-state index in [2.05, 4.69) is 19.9 Å². The van der Waals surface area contributed by atoms with E-state index in [-0.39, 0.29) is 19.0 Å². The molecule has 0 spiro atoms. The summed E-state index contributed by atoms with van der Waals surface area (Å²) in [7, 11) is 0. The molecule has 0 amide bonds. The molecule has 0 aromatic carbocycles. The minimum atomic E-state index is -0.0278. The maximum atomic E-state index is 8.83. The van der Waals surface area contributed by atoms with E-state index in [1.165, 1.54) is 0 Å². The van der Waals surface area contributed by atoms with Crippen LogP contribution in [0.5, 0.6) is 0 Å². The van der Waals surface area contributed by atoms with E-state index in [4.69, 9.17) is 16.7 Å². The van der Waals surface area contributed by atoms with Crippen LogP contribution < -0.4 is 0 Å². The predicted octanol–water partition coefficient (Wildman–Crippen LogP) is 3.46. The second-order valence-corrected chi connectivity index (χ2v) is 5.41. The van der Waals surface area contributed by atoms with Gasteiger partial charge >= 0.3 is 0 Å². The number of hydrogen-bond acceptors (Lipinski definition) is 5. The molecule has 2 aromatic rings. The smallest absolute Gasteiger partial charge is 0.0873 e. The van der Waals surface area contributed by atoms with E-state index in [9.17, 15) is 0 Å². The lowest BCUT2D eigenvalue weighted by Gasteiger charge is -2.04. The Morgan fingerprint density at radius 3 is 1.39 bits per heavy atom. The molecule has 2 heterocycles. The van der Waals surface area contributed by atoms with Crippen molar-refractivity contribution < 1.29 is 5.11 Å². The number of rotatable bonds is 2. The summed E-state index contributed by atoms with van der Waals surface area (Å²) in [6, 6.07) is 0. The molecule has 0 saturated carbocycles. The Labute approximate surface area is 149 Å². The topological polar surface area (TPSA) is 71.8 Å². The fourth-order valence-electron chi connectivity index (χ4n) is 1.80. The number of aliphatic hydroxyl groups is 1. The highest BCUT2D eigenvalue weighted by atomic mass is 35.5. The molecule has 0 atom stereocenters. The highest BCUT2D eigenvalue weighted by Crippen LogP contribution is 2.08. The third kappa shape index (κ3) is 6.01. The molecule has 2 aromatic heterocycles. The molecule has 128 valence electrons. The molecule has 23 heavy (non-hydrogen) atoms. The maximum absolute atomic E-state index is 8.83. The van der Waals surface area contributed by atoms with Gasteiger partial charge in [-0.15, -0.1) is 24.0 Å². The van der Waals surface area contributed by atoms with Gasteiger partial charge in [-0.1, -0.05) is 0 Å². The highest BCUT2D eigenvalue weighted by Gasteiger charge is 2.03. The maximum Gasteiger partial charge on any atom is 0.0873 e. The fourth-order valence-corrected chi connectivity index (χ4v) is 2.05. The van der Waals surface area contributed by atoms with Crippen LogP contribution in [0.25, 0.3) is 0 Å². The number of nitrogens with zero attached hydrogens (tertiary/aromatic N) is 4. The first-order valence-electron chi connectivity index (χ1n) is 7.08. The number of aliphatic hydroxyl groups excluding tert-OH is 1. The molecule has 7 heteroatoms. The van der Waals surface area contributed by atoms with Crippen molar-refractivity contribution in [3.05, 3.63) is 45.6 Å².